The van der Waals surface area contributed by atoms with Crippen LogP contribution >= 0.6 is 0 Å². The molecule has 33 heavy (non-hydrogen) atoms. The Kier molecular flexibility index (Phi) is 7.27. The van der Waals surface area contributed by atoms with Crippen molar-refractivity contribution in [1.82, 2.24) is 9.88 Å². The number of amides is 1. The van der Waals surface area contributed by atoms with Gasteiger partial charge in [-0.1, -0.05) is 6.07 Å². The number of halogens is 2. The molecule has 2 aliphatic heterocycles. The molecule has 0 saturated carbocycles. The molecule has 5 rings (SSSR count). The number of nitrogens with zero attached hydrogens (tertiary/aromatic N) is 2. The molecule has 9 heteroatoms. The van der Waals surface area contributed by atoms with Gasteiger partial charge in [-0.25, -0.2) is 4.98 Å². The van der Waals surface area contributed by atoms with Gasteiger partial charge in [0.05, 0.1) is 13.2 Å². The van der Waals surface area contributed by atoms with Gasteiger partial charge in [0.25, 0.3) is 0 Å². The lowest BCUT2D eigenvalue weighted by Crippen LogP contribution is -2.41. The molecule has 1 aromatic heterocycles. The molecule has 1 fully saturated rings. The number of hydrogen-bond acceptors (Lipinski definition) is 6. The van der Waals surface area contributed by atoms with E-state index < -0.39 is 6.61 Å². The van der Waals surface area contributed by atoms with Gasteiger partial charge >= 0.3 is 6.61 Å². The molecule has 1 aromatic carbocycles. The Hall–Kier alpha value is -2.94. The van der Waals surface area contributed by atoms with Crippen molar-refractivity contribution < 1.29 is 28.2 Å². The lowest BCUT2D eigenvalue weighted by Gasteiger charge is -2.33. The van der Waals surface area contributed by atoms with Crippen LogP contribution in [-0.4, -0.2) is 40.6 Å². The van der Waals surface area contributed by atoms with Crippen LogP contribution in [0.1, 0.15) is 48.1 Å². The monoisotopic (exact) mass is 461 g/mol. The third-order valence-corrected chi connectivity index (χ3v) is 6.37. The average molecular weight is 462 g/mol. The summed E-state index contributed by atoms with van der Waals surface area (Å²) < 4.78 is 32.7. The molecule has 3 heterocycles. The number of aromatic hydroxyl groups is 1. The van der Waals surface area contributed by atoms with Gasteiger partial charge in [-0.3, -0.25) is 4.79 Å². The molecular formula is C24H29F2N3O4. The highest BCUT2D eigenvalue weighted by Crippen LogP contribution is 2.35. The summed E-state index contributed by atoms with van der Waals surface area (Å²) in [5.74, 6) is 0.936. The number of hydrogen-bond donors (Lipinski definition) is 2. The molecule has 3 N–H and O–H groups in total. The Balaban J connectivity index is 0.000000200. The predicted molar refractivity (Wildman–Crippen MR) is 118 cm³/mol. The molecule has 2 aromatic rings. The highest BCUT2D eigenvalue weighted by atomic mass is 19.3. The second kappa shape index (κ2) is 10.3. The lowest BCUT2D eigenvalue weighted by molar-refractivity contribution is -0.136. The SMILES string of the molecule is Nc1nc2c(c3c1COC3)C[C@@H](C(=O)N1CCCCC1)CC2.Oc1cccc(OC(F)F)c1. The first-order valence-electron chi connectivity index (χ1n) is 11.3. The Morgan fingerprint density at radius 3 is 2.67 bits per heavy atom. The van der Waals surface area contributed by atoms with Crippen LogP contribution in [0, 0.1) is 5.92 Å². The van der Waals surface area contributed by atoms with Crippen molar-refractivity contribution in [2.75, 3.05) is 18.8 Å². The van der Waals surface area contributed by atoms with Crippen molar-refractivity contribution in [1.29, 1.82) is 0 Å². The van der Waals surface area contributed by atoms with Gasteiger partial charge in [0.15, 0.2) is 0 Å². The summed E-state index contributed by atoms with van der Waals surface area (Å²) in [6.07, 6.45) is 6.12. The number of carbonyl (C=O) groups excluding carboxylic acids is 1. The first-order valence-corrected chi connectivity index (χ1v) is 11.3. The fourth-order valence-electron chi connectivity index (χ4n) is 4.73. The molecule has 1 aliphatic carbocycles. The van der Waals surface area contributed by atoms with E-state index in [2.05, 4.69) is 14.6 Å². The van der Waals surface area contributed by atoms with Crippen molar-refractivity contribution in [3.05, 3.63) is 46.6 Å². The minimum atomic E-state index is -2.85. The number of pyridine rings is 1. The maximum atomic E-state index is 12.8. The second-order valence-corrected chi connectivity index (χ2v) is 8.57. The summed E-state index contributed by atoms with van der Waals surface area (Å²) in [5.41, 5.74) is 10.6. The molecule has 1 amide bonds. The van der Waals surface area contributed by atoms with E-state index in [4.69, 9.17) is 15.6 Å². The number of aromatic nitrogens is 1. The number of likely N-dealkylation sites (tertiary alicyclic amines) is 1. The minimum Gasteiger partial charge on any atom is -0.508 e. The highest BCUT2D eigenvalue weighted by molar-refractivity contribution is 5.79. The van der Waals surface area contributed by atoms with Crippen molar-refractivity contribution in [3.8, 4) is 11.5 Å². The number of benzene rings is 1. The average Bonchev–Trinajstić information content (AvgIpc) is 3.30. The lowest BCUT2D eigenvalue weighted by atomic mass is 9.82. The van der Waals surface area contributed by atoms with Crippen LogP contribution < -0.4 is 10.5 Å². The number of phenols is 1. The van der Waals surface area contributed by atoms with E-state index in [1.54, 1.807) is 0 Å². The summed E-state index contributed by atoms with van der Waals surface area (Å²) in [7, 11) is 0. The van der Waals surface area contributed by atoms with Crippen LogP contribution in [0.15, 0.2) is 24.3 Å². The first kappa shape index (κ1) is 23.2. The fourth-order valence-corrected chi connectivity index (χ4v) is 4.73. The number of piperidine rings is 1. The summed E-state index contributed by atoms with van der Waals surface area (Å²) in [6, 6.07) is 5.25. The number of aryl methyl sites for hydroxylation is 1. The quantitative estimate of drug-likeness (QED) is 0.722. The molecule has 7 nitrogen and oxygen atoms in total. The fraction of sp³-hybridized carbons (Fsp3) is 0.500. The Morgan fingerprint density at radius 1 is 1.18 bits per heavy atom. The minimum absolute atomic E-state index is 0.0417. The van der Waals surface area contributed by atoms with Crippen LogP contribution in [-0.2, 0) is 35.6 Å². The van der Waals surface area contributed by atoms with Crippen molar-refractivity contribution in [3.63, 3.8) is 0 Å². The van der Waals surface area contributed by atoms with Gasteiger partial charge in [0.1, 0.15) is 17.3 Å². The zero-order chi connectivity index (χ0) is 23.4. The molecule has 0 radical (unpaired) electrons. The number of rotatable bonds is 3. The predicted octanol–water partition coefficient (Wildman–Crippen LogP) is 3.81. The number of nitrogens with two attached hydrogens (primary N) is 1. The molecule has 1 atom stereocenters. The standard InChI is InChI=1S/C17H23N3O2.C7H6F2O2/c18-16-14-10-22-9-13(14)12-8-11(4-5-15(12)19-16)17(21)20-6-2-1-3-7-20;8-7(9)11-6-3-1-2-5(10)4-6/h11H,1-10H2,(H2,18,19);1-4,7,10H/t11-;/m0./s1. The number of fused-ring (bicyclic) bond motifs is 3. The summed E-state index contributed by atoms with van der Waals surface area (Å²) >= 11 is 0. The molecular weight excluding hydrogens is 432 g/mol. The van der Waals surface area contributed by atoms with Gasteiger partial charge in [0.2, 0.25) is 5.91 Å². The van der Waals surface area contributed by atoms with E-state index in [1.807, 2.05) is 0 Å². The van der Waals surface area contributed by atoms with E-state index in [9.17, 15) is 13.6 Å². The van der Waals surface area contributed by atoms with E-state index in [0.29, 0.717) is 24.9 Å². The summed E-state index contributed by atoms with van der Waals surface area (Å²) in [5, 5.41) is 8.80. The summed E-state index contributed by atoms with van der Waals surface area (Å²) in [4.78, 5) is 19.4. The van der Waals surface area contributed by atoms with Gasteiger partial charge in [-0.2, -0.15) is 8.78 Å². The van der Waals surface area contributed by atoms with Gasteiger partial charge in [-0.05, 0) is 61.8 Å². The summed E-state index contributed by atoms with van der Waals surface area (Å²) in [6.45, 7) is 0.199. The smallest absolute Gasteiger partial charge is 0.387 e. The number of anilines is 1. The molecule has 0 bridgehead atoms. The normalized spacial score (nSPS) is 19.4. The zero-order valence-corrected chi connectivity index (χ0v) is 18.4. The van der Waals surface area contributed by atoms with Crippen molar-refractivity contribution in [2.45, 2.75) is 58.4 Å². The number of carbonyl (C=O) groups is 1. The molecule has 1 saturated heterocycles. The van der Waals surface area contributed by atoms with Crippen LogP contribution in [0.5, 0.6) is 11.5 Å². The highest BCUT2D eigenvalue weighted by Gasteiger charge is 2.33. The zero-order valence-electron chi connectivity index (χ0n) is 18.4. The van der Waals surface area contributed by atoms with E-state index in [0.717, 1.165) is 62.5 Å². The van der Waals surface area contributed by atoms with Crippen LogP contribution in [0.2, 0.25) is 0 Å². The number of alkyl halides is 2. The molecule has 3 aliphatic rings. The molecule has 178 valence electrons. The van der Waals surface area contributed by atoms with E-state index in [1.165, 1.54) is 35.7 Å². The van der Waals surface area contributed by atoms with Crippen molar-refractivity contribution in [2.24, 2.45) is 5.92 Å². The Morgan fingerprint density at radius 2 is 1.94 bits per heavy atom. The number of phenolic OH excluding ortho intramolecular Hbond substituents is 1. The Bertz CT molecular complexity index is 996. The largest absolute Gasteiger partial charge is 0.508 e. The third kappa shape index (κ3) is 5.52. The number of ether oxygens (including phenoxy) is 2. The van der Waals surface area contributed by atoms with Gasteiger partial charge in [0, 0.05) is 36.3 Å². The topological polar surface area (TPSA) is 97.9 Å². The molecule has 0 spiro atoms. The molecule has 0 unspecified atom stereocenters. The maximum Gasteiger partial charge on any atom is 0.387 e. The van der Waals surface area contributed by atoms with E-state index in [-0.39, 0.29) is 17.4 Å². The van der Waals surface area contributed by atoms with Crippen LogP contribution in [0.25, 0.3) is 0 Å². The van der Waals surface area contributed by atoms with Gasteiger partial charge < -0.3 is 25.2 Å². The second-order valence-electron chi connectivity index (χ2n) is 8.57. The maximum absolute atomic E-state index is 12.8. The van der Waals surface area contributed by atoms with Crippen molar-refractivity contribution >= 4 is 11.7 Å². The Labute approximate surface area is 191 Å². The van der Waals surface area contributed by atoms with Crippen LogP contribution in [0.4, 0.5) is 14.6 Å². The van der Waals surface area contributed by atoms with Gasteiger partial charge in [-0.15, -0.1) is 0 Å². The third-order valence-electron chi connectivity index (χ3n) is 6.37. The first-order chi connectivity index (χ1) is 15.9. The number of nitrogen functional groups attached to an aromatic ring is 1. The van der Waals surface area contributed by atoms with E-state index >= 15 is 0 Å². The van der Waals surface area contributed by atoms with Crippen LogP contribution in [0.3, 0.4) is 0 Å².